The van der Waals surface area contributed by atoms with Crippen molar-refractivity contribution in [2.45, 2.75) is 59.2 Å². The Balaban J connectivity index is 3.52. The fourth-order valence-electron chi connectivity index (χ4n) is 2.59. The van der Waals surface area contributed by atoms with Gasteiger partial charge in [0.25, 0.3) is 7.90 Å². The first kappa shape index (κ1) is 22.0. The highest BCUT2D eigenvalue weighted by molar-refractivity contribution is 7.04. The molecule has 1 aromatic rings. The summed E-state index contributed by atoms with van der Waals surface area (Å²) in [5.74, 6) is 0.452. The number of hydrogen-bond donors (Lipinski definition) is 0. The van der Waals surface area contributed by atoms with E-state index < -0.39 is 16.0 Å². The molecule has 0 heterocycles. The monoisotopic (exact) mass is 395 g/mol. The maximum atomic E-state index is 12.2. The summed E-state index contributed by atoms with van der Waals surface area (Å²) < 4.78 is 9.83. The molecule has 0 bridgehead atoms. The van der Waals surface area contributed by atoms with Crippen LogP contribution >= 0.6 is 11.1 Å². The Kier molecular flexibility index (Phi) is 7.97. The van der Waals surface area contributed by atoms with Crippen molar-refractivity contribution >= 4 is 38.7 Å². The second kappa shape index (κ2) is 9.05. The van der Waals surface area contributed by atoms with Crippen molar-refractivity contribution in [3.05, 3.63) is 40.2 Å². The molecule has 0 amide bonds. The van der Waals surface area contributed by atoms with Gasteiger partial charge in [0.2, 0.25) is 0 Å². The fourth-order valence-corrected chi connectivity index (χ4v) is 7.20. The lowest BCUT2D eigenvalue weighted by molar-refractivity contribution is -0.135. The SMILES string of the molecule is COC(=O)/C(=C/[Si](Cl)=Nc1c(C(C)C)cccc1C(C)C)[Si](C)(C)C. The normalized spacial score (nSPS) is 13.6. The van der Waals surface area contributed by atoms with Crippen LogP contribution < -0.4 is 0 Å². The van der Waals surface area contributed by atoms with Gasteiger partial charge in [0.05, 0.1) is 20.9 Å². The molecular formula is C19H30ClNO2Si2. The molecule has 0 radical (unpaired) electrons. The van der Waals surface area contributed by atoms with E-state index in [2.05, 4.69) is 65.5 Å². The molecule has 0 aliphatic carbocycles. The number of methoxy groups -OCH3 is 1. The highest BCUT2D eigenvalue weighted by atomic mass is 35.6. The van der Waals surface area contributed by atoms with Crippen LogP contribution in [0.2, 0.25) is 19.6 Å². The number of carbonyl (C=O) groups excluding carboxylic acids is 1. The van der Waals surface area contributed by atoms with Gasteiger partial charge in [-0.25, -0.2) is 4.79 Å². The van der Waals surface area contributed by atoms with Gasteiger partial charge < -0.3 is 4.74 Å². The second-order valence-corrected chi connectivity index (χ2v) is 15.2. The topological polar surface area (TPSA) is 38.7 Å². The number of nitrogens with zero attached hydrogens (tertiary/aromatic N) is 1. The van der Waals surface area contributed by atoms with Crippen molar-refractivity contribution in [2.75, 3.05) is 7.11 Å². The Labute approximate surface area is 159 Å². The van der Waals surface area contributed by atoms with E-state index >= 15 is 0 Å². The van der Waals surface area contributed by atoms with Crippen LogP contribution in [0.1, 0.15) is 50.7 Å². The largest absolute Gasteiger partial charge is 0.466 e. The molecule has 3 nitrogen and oxygen atoms in total. The predicted octanol–water partition coefficient (Wildman–Crippen LogP) is 6.08. The number of rotatable bonds is 6. The molecule has 0 saturated heterocycles. The molecule has 0 saturated carbocycles. The van der Waals surface area contributed by atoms with Crippen molar-refractivity contribution in [3.63, 3.8) is 0 Å². The lowest BCUT2D eigenvalue weighted by Gasteiger charge is -2.19. The van der Waals surface area contributed by atoms with Crippen LogP contribution in [0.5, 0.6) is 0 Å². The smallest absolute Gasteiger partial charge is 0.329 e. The first-order valence-electron chi connectivity index (χ1n) is 8.66. The summed E-state index contributed by atoms with van der Waals surface area (Å²) in [7, 11) is -2.16. The average Bonchev–Trinajstić information content (AvgIpc) is 2.50. The minimum atomic E-state index is -1.85. The average molecular weight is 396 g/mol. The van der Waals surface area contributed by atoms with E-state index in [1.807, 2.05) is 5.70 Å². The van der Waals surface area contributed by atoms with Crippen LogP contribution in [0.15, 0.2) is 33.7 Å². The lowest BCUT2D eigenvalue weighted by atomic mass is 9.93. The van der Waals surface area contributed by atoms with Gasteiger partial charge in [-0.1, -0.05) is 65.5 Å². The van der Waals surface area contributed by atoms with Crippen molar-refractivity contribution in [1.29, 1.82) is 0 Å². The highest BCUT2D eigenvalue weighted by Crippen LogP contribution is 2.35. The van der Waals surface area contributed by atoms with E-state index in [4.69, 9.17) is 20.4 Å². The van der Waals surface area contributed by atoms with E-state index in [0.717, 1.165) is 10.9 Å². The molecular weight excluding hydrogens is 366 g/mol. The zero-order valence-electron chi connectivity index (χ0n) is 16.6. The molecule has 1 rings (SSSR count). The number of hydrogen-bond acceptors (Lipinski definition) is 3. The van der Waals surface area contributed by atoms with Crippen LogP contribution in [-0.4, -0.2) is 29.1 Å². The molecule has 0 fully saturated rings. The van der Waals surface area contributed by atoms with Gasteiger partial charge in [-0.05, 0) is 28.7 Å². The van der Waals surface area contributed by atoms with E-state index in [-0.39, 0.29) is 5.97 Å². The van der Waals surface area contributed by atoms with Gasteiger partial charge >= 0.3 is 5.97 Å². The van der Waals surface area contributed by atoms with E-state index in [0.29, 0.717) is 11.8 Å². The molecule has 0 aromatic heterocycles. The van der Waals surface area contributed by atoms with Crippen LogP contribution in [0, 0.1) is 0 Å². The van der Waals surface area contributed by atoms with Crippen molar-refractivity contribution < 1.29 is 9.53 Å². The van der Waals surface area contributed by atoms with Crippen molar-refractivity contribution in [3.8, 4) is 0 Å². The Bertz CT molecular complexity index is 663. The van der Waals surface area contributed by atoms with Gasteiger partial charge in [-0.15, -0.1) is 11.1 Å². The summed E-state index contributed by atoms with van der Waals surface area (Å²) in [6, 6.07) is 6.32. The Morgan fingerprint density at radius 1 is 1.16 bits per heavy atom. The van der Waals surface area contributed by atoms with Crippen molar-refractivity contribution in [1.82, 2.24) is 0 Å². The lowest BCUT2D eigenvalue weighted by Crippen LogP contribution is -2.31. The van der Waals surface area contributed by atoms with Crippen LogP contribution in [0.4, 0.5) is 5.69 Å². The van der Waals surface area contributed by atoms with Crippen LogP contribution in [0.3, 0.4) is 0 Å². The molecule has 25 heavy (non-hydrogen) atoms. The third kappa shape index (κ3) is 6.01. The molecule has 0 unspecified atom stereocenters. The van der Waals surface area contributed by atoms with Crippen LogP contribution in [-0.2, 0) is 9.53 Å². The summed E-state index contributed by atoms with van der Waals surface area (Å²) in [5, 5.41) is 0.718. The first-order valence-corrected chi connectivity index (χ1v) is 14.7. The summed E-state index contributed by atoms with van der Waals surface area (Å²) >= 11 is 6.64. The molecule has 1 aromatic carbocycles. The third-order valence-corrected chi connectivity index (χ3v) is 7.84. The Morgan fingerprint density at radius 2 is 1.64 bits per heavy atom. The maximum absolute atomic E-state index is 12.2. The van der Waals surface area contributed by atoms with Gasteiger partial charge in [0.1, 0.15) is 0 Å². The van der Waals surface area contributed by atoms with Gasteiger partial charge in [-0.3, -0.25) is 4.63 Å². The number of esters is 1. The highest BCUT2D eigenvalue weighted by Gasteiger charge is 2.27. The van der Waals surface area contributed by atoms with Gasteiger partial charge in [0.15, 0.2) is 0 Å². The molecule has 0 aliphatic heterocycles. The maximum Gasteiger partial charge on any atom is 0.329 e. The minimum absolute atomic E-state index is 0.279. The second-order valence-electron chi connectivity index (χ2n) is 7.83. The Hall–Kier alpha value is -1.05. The number of ether oxygens (including phenoxy) is 1. The molecule has 0 N–H and O–H groups in total. The predicted molar refractivity (Wildman–Crippen MR) is 112 cm³/mol. The first-order chi connectivity index (χ1) is 11.5. The Morgan fingerprint density at radius 3 is 2.00 bits per heavy atom. The fraction of sp³-hybridized carbons (Fsp3) is 0.526. The minimum Gasteiger partial charge on any atom is -0.466 e. The summed E-state index contributed by atoms with van der Waals surface area (Å²) in [6.45, 7) is 15.0. The van der Waals surface area contributed by atoms with E-state index in [1.54, 1.807) is 0 Å². The number of benzene rings is 1. The third-order valence-electron chi connectivity index (χ3n) is 4.04. The van der Waals surface area contributed by atoms with E-state index in [9.17, 15) is 4.79 Å². The van der Waals surface area contributed by atoms with Crippen molar-refractivity contribution in [2.24, 2.45) is 4.63 Å². The summed E-state index contributed by atoms with van der Waals surface area (Å²) in [6.07, 6.45) is 0. The molecule has 138 valence electrons. The summed E-state index contributed by atoms with van der Waals surface area (Å²) in [5.41, 5.74) is 5.27. The number of halogens is 1. The van der Waals surface area contributed by atoms with Crippen LogP contribution in [0.25, 0.3) is 0 Å². The molecule has 6 heteroatoms. The summed E-state index contributed by atoms with van der Waals surface area (Å²) in [4.78, 5) is 12.2. The van der Waals surface area contributed by atoms with Gasteiger partial charge in [-0.2, -0.15) is 0 Å². The molecule has 0 aliphatic rings. The molecule has 0 atom stereocenters. The standard InChI is InChI=1S/C19H30ClNO2Si2/c1-13(2)15-10-9-11-16(14(3)4)18(15)21-24(20)12-17(19(22)23-5)25(6,7)8/h9-14H,1-8H3/b17-12-,24-21?. The molecule has 0 spiro atoms. The zero-order valence-corrected chi connectivity index (χ0v) is 19.4. The van der Waals surface area contributed by atoms with Gasteiger partial charge in [0, 0.05) is 5.20 Å². The zero-order chi connectivity index (χ0) is 19.4. The van der Waals surface area contributed by atoms with E-state index in [1.165, 1.54) is 18.2 Å². The number of carbonyl (C=O) groups is 1. The quantitative estimate of drug-likeness (QED) is 0.253.